The third-order valence-electron chi connectivity index (χ3n) is 2.67. The summed E-state index contributed by atoms with van der Waals surface area (Å²) in [6.07, 6.45) is 1.69. The van der Waals surface area contributed by atoms with Crippen molar-refractivity contribution in [3.63, 3.8) is 0 Å². The Hall–Kier alpha value is -1.20. The van der Waals surface area contributed by atoms with Gasteiger partial charge in [-0.05, 0) is 30.7 Å². The molecule has 1 aromatic carbocycles. The van der Waals surface area contributed by atoms with E-state index in [0.29, 0.717) is 5.56 Å². The monoisotopic (exact) mass is 340 g/mol. The van der Waals surface area contributed by atoms with Crippen molar-refractivity contribution in [3.05, 3.63) is 51.9 Å². The third kappa shape index (κ3) is 3.42. The molecule has 1 aromatic heterocycles. The van der Waals surface area contributed by atoms with E-state index >= 15 is 0 Å². The summed E-state index contributed by atoms with van der Waals surface area (Å²) in [4.78, 5) is 12.5. The van der Waals surface area contributed by atoms with Gasteiger partial charge in [-0.2, -0.15) is 0 Å². The highest BCUT2D eigenvalue weighted by Gasteiger charge is 2.09. The zero-order valence-corrected chi connectivity index (χ0v) is 13.0. The largest absolute Gasteiger partial charge is 0.468 e. The first-order chi connectivity index (χ1) is 9.11. The van der Waals surface area contributed by atoms with Gasteiger partial charge in [0.05, 0.1) is 18.9 Å². The molecule has 19 heavy (non-hydrogen) atoms. The number of benzene rings is 1. The maximum atomic E-state index is 11.4. The summed E-state index contributed by atoms with van der Waals surface area (Å²) in [5, 5.41) is 0. The average molecular weight is 341 g/mol. The summed E-state index contributed by atoms with van der Waals surface area (Å²) in [6, 6.07) is 7.44. The van der Waals surface area contributed by atoms with Crippen LogP contribution in [-0.4, -0.2) is 13.1 Å². The fourth-order valence-corrected chi connectivity index (χ4v) is 3.26. The van der Waals surface area contributed by atoms with Crippen molar-refractivity contribution >= 4 is 33.7 Å². The fraction of sp³-hybridized carbons (Fsp3) is 0.214. The lowest BCUT2D eigenvalue weighted by atomic mass is 10.1. The first-order valence-electron chi connectivity index (χ1n) is 5.65. The Morgan fingerprint density at radius 2 is 2.21 bits per heavy atom. The average Bonchev–Trinajstić information content (AvgIpc) is 2.82. The molecule has 0 aliphatic carbocycles. The number of carbonyl (C=O) groups excluding carboxylic acids is 1. The minimum atomic E-state index is -0.328. The second-order valence-electron chi connectivity index (χ2n) is 3.93. The van der Waals surface area contributed by atoms with Crippen LogP contribution in [0.1, 0.15) is 21.7 Å². The molecule has 0 N–H and O–H groups in total. The molecule has 0 fully saturated rings. The van der Waals surface area contributed by atoms with Crippen molar-refractivity contribution in [2.45, 2.75) is 17.6 Å². The van der Waals surface area contributed by atoms with Crippen molar-refractivity contribution in [3.8, 4) is 0 Å². The molecular formula is C14H13BrO3S. The lowest BCUT2D eigenvalue weighted by Crippen LogP contribution is -2.01. The van der Waals surface area contributed by atoms with Gasteiger partial charge in [-0.15, -0.1) is 11.8 Å². The molecule has 0 bridgehead atoms. The quantitative estimate of drug-likeness (QED) is 0.609. The van der Waals surface area contributed by atoms with Crippen molar-refractivity contribution in [1.82, 2.24) is 0 Å². The maximum Gasteiger partial charge on any atom is 0.337 e. The maximum absolute atomic E-state index is 11.4. The summed E-state index contributed by atoms with van der Waals surface area (Å²) in [5.41, 5.74) is 1.67. The molecule has 0 atom stereocenters. The van der Waals surface area contributed by atoms with E-state index in [4.69, 9.17) is 4.42 Å². The Morgan fingerprint density at radius 3 is 2.79 bits per heavy atom. The van der Waals surface area contributed by atoms with E-state index in [-0.39, 0.29) is 5.97 Å². The molecule has 0 saturated carbocycles. The van der Waals surface area contributed by atoms with Crippen LogP contribution in [0.5, 0.6) is 0 Å². The van der Waals surface area contributed by atoms with Crippen LogP contribution in [0, 0.1) is 6.92 Å². The molecule has 1 heterocycles. The van der Waals surface area contributed by atoms with Gasteiger partial charge >= 0.3 is 5.97 Å². The van der Waals surface area contributed by atoms with Crippen LogP contribution in [0.2, 0.25) is 0 Å². The van der Waals surface area contributed by atoms with Crippen molar-refractivity contribution in [2.75, 3.05) is 7.11 Å². The zero-order valence-electron chi connectivity index (χ0n) is 10.6. The molecule has 0 aliphatic heterocycles. The molecule has 0 saturated heterocycles. The van der Waals surface area contributed by atoms with Gasteiger partial charge in [-0.1, -0.05) is 22.0 Å². The van der Waals surface area contributed by atoms with Crippen molar-refractivity contribution in [2.24, 2.45) is 0 Å². The first-order valence-corrected chi connectivity index (χ1v) is 7.43. The molecule has 2 rings (SSSR count). The van der Waals surface area contributed by atoms with Crippen LogP contribution in [-0.2, 0) is 10.5 Å². The molecule has 0 amide bonds. The summed E-state index contributed by atoms with van der Waals surface area (Å²) >= 11 is 5.18. The Balaban J connectivity index is 2.09. The van der Waals surface area contributed by atoms with Gasteiger partial charge in [0.2, 0.25) is 0 Å². The highest BCUT2D eigenvalue weighted by atomic mass is 79.9. The summed E-state index contributed by atoms with van der Waals surface area (Å²) in [6.45, 7) is 1.94. The van der Waals surface area contributed by atoms with Gasteiger partial charge in [0, 0.05) is 15.1 Å². The second-order valence-corrected chi connectivity index (χ2v) is 5.80. The summed E-state index contributed by atoms with van der Waals surface area (Å²) in [7, 11) is 1.38. The van der Waals surface area contributed by atoms with Crippen LogP contribution in [0.4, 0.5) is 0 Å². The number of esters is 1. The number of hydrogen-bond donors (Lipinski definition) is 0. The fourth-order valence-electron chi connectivity index (χ4n) is 1.59. The van der Waals surface area contributed by atoms with Gasteiger partial charge in [0.15, 0.2) is 0 Å². The minimum absolute atomic E-state index is 0.328. The van der Waals surface area contributed by atoms with E-state index in [1.54, 1.807) is 30.2 Å². The molecule has 0 spiro atoms. The van der Waals surface area contributed by atoms with Crippen LogP contribution < -0.4 is 0 Å². The molecule has 2 aromatic rings. The lowest BCUT2D eigenvalue weighted by Gasteiger charge is -2.06. The number of carbonyl (C=O) groups is 1. The van der Waals surface area contributed by atoms with Crippen LogP contribution in [0.3, 0.4) is 0 Å². The standard InChI is InChI=1S/C14H13BrO3S/c1-9-13(5-6-18-9)19-8-11-4-3-10(7-12(11)15)14(16)17-2/h3-7H,8H2,1-2H3. The molecule has 0 radical (unpaired) electrons. The number of halogens is 1. The molecule has 100 valence electrons. The van der Waals surface area contributed by atoms with Gasteiger partial charge in [-0.25, -0.2) is 4.79 Å². The number of hydrogen-bond acceptors (Lipinski definition) is 4. The zero-order chi connectivity index (χ0) is 13.8. The van der Waals surface area contributed by atoms with Gasteiger partial charge < -0.3 is 9.15 Å². The number of ether oxygens (including phenoxy) is 1. The summed E-state index contributed by atoms with van der Waals surface area (Å²) in [5.74, 6) is 1.40. The Labute approximate surface area is 124 Å². The van der Waals surface area contributed by atoms with E-state index in [2.05, 4.69) is 20.7 Å². The van der Waals surface area contributed by atoms with Crippen molar-refractivity contribution in [1.29, 1.82) is 0 Å². The minimum Gasteiger partial charge on any atom is -0.468 e. The lowest BCUT2D eigenvalue weighted by molar-refractivity contribution is 0.0600. The number of thioether (sulfide) groups is 1. The highest BCUT2D eigenvalue weighted by molar-refractivity contribution is 9.10. The topological polar surface area (TPSA) is 39.4 Å². The van der Waals surface area contributed by atoms with E-state index in [1.807, 2.05) is 19.1 Å². The van der Waals surface area contributed by atoms with E-state index in [0.717, 1.165) is 26.4 Å². The van der Waals surface area contributed by atoms with Gasteiger partial charge in [0.25, 0.3) is 0 Å². The number of rotatable bonds is 4. The SMILES string of the molecule is COC(=O)c1ccc(CSc2ccoc2C)c(Br)c1. The normalized spacial score (nSPS) is 10.5. The smallest absolute Gasteiger partial charge is 0.337 e. The predicted molar refractivity (Wildman–Crippen MR) is 78.5 cm³/mol. The third-order valence-corrected chi connectivity index (χ3v) is 4.60. The Morgan fingerprint density at radius 1 is 1.42 bits per heavy atom. The molecule has 3 nitrogen and oxygen atoms in total. The Bertz CT molecular complexity index is 592. The van der Waals surface area contributed by atoms with E-state index < -0.39 is 0 Å². The number of furan rings is 1. The molecule has 0 aliphatic rings. The van der Waals surface area contributed by atoms with Crippen LogP contribution in [0.25, 0.3) is 0 Å². The van der Waals surface area contributed by atoms with Gasteiger partial charge in [-0.3, -0.25) is 0 Å². The highest BCUT2D eigenvalue weighted by Crippen LogP contribution is 2.30. The summed E-state index contributed by atoms with van der Waals surface area (Å²) < 4.78 is 10.8. The van der Waals surface area contributed by atoms with Crippen molar-refractivity contribution < 1.29 is 13.9 Å². The molecular weight excluding hydrogens is 328 g/mol. The van der Waals surface area contributed by atoms with Gasteiger partial charge in [0.1, 0.15) is 5.76 Å². The number of methoxy groups -OCH3 is 1. The molecule has 5 heteroatoms. The van der Waals surface area contributed by atoms with Crippen LogP contribution >= 0.6 is 27.7 Å². The van der Waals surface area contributed by atoms with E-state index in [1.165, 1.54) is 7.11 Å². The first kappa shape index (κ1) is 14.2. The van der Waals surface area contributed by atoms with E-state index in [9.17, 15) is 4.79 Å². The Kier molecular flexibility index (Phi) is 4.71. The molecule has 0 unspecified atom stereocenters. The van der Waals surface area contributed by atoms with Crippen LogP contribution in [0.15, 0.2) is 44.3 Å². The second kappa shape index (κ2) is 6.30. The number of aryl methyl sites for hydroxylation is 1. The predicted octanol–water partition coefficient (Wildman–Crippen LogP) is 4.43.